The van der Waals surface area contributed by atoms with Crippen molar-refractivity contribution in [3.8, 4) is 5.75 Å². The predicted octanol–water partition coefficient (Wildman–Crippen LogP) is 1.92. The number of hydrogen-bond acceptors (Lipinski definition) is 5. The van der Waals surface area contributed by atoms with E-state index in [9.17, 15) is 16.8 Å². The SMILES string of the molecule is COc1ccc(N2CCCS2(=O)=O)cc1NS(=O)(=O)C1CCCC1. The van der Waals surface area contributed by atoms with Crippen LogP contribution in [0, 0.1) is 0 Å². The van der Waals surface area contributed by atoms with Gasteiger partial charge in [0.15, 0.2) is 0 Å². The number of nitrogens with zero attached hydrogens (tertiary/aromatic N) is 1. The largest absolute Gasteiger partial charge is 0.495 e. The van der Waals surface area contributed by atoms with Crippen molar-refractivity contribution in [3.63, 3.8) is 0 Å². The van der Waals surface area contributed by atoms with Gasteiger partial charge in [-0.3, -0.25) is 9.03 Å². The van der Waals surface area contributed by atoms with Gasteiger partial charge < -0.3 is 4.74 Å². The van der Waals surface area contributed by atoms with E-state index in [-0.39, 0.29) is 11.4 Å². The molecule has 1 saturated heterocycles. The fraction of sp³-hybridized carbons (Fsp3) is 0.600. The molecule has 1 saturated carbocycles. The second-order valence-corrected chi connectivity index (χ2v) is 10.2. The van der Waals surface area contributed by atoms with Gasteiger partial charge in [-0.1, -0.05) is 12.8 Å². The number of hydrogen-bond donors (Lipinski definition) is 1. The third-order valence-electron chi connectivity index (χ3n) is 4.56. The van der Waals surface area contributed by atoms with Gasteiger partial charge in [-0.25, -0.2) is 16.8 Å². The van der Waals surface area contributed by atoms with Crippen LogP contribution in [0.25, 0.3) is 0 Å². The quantitative estimate of drug-likeness (QED) is 0.850. The average Bonchev–Trinajstić information content (AvgIpc) is 3.16. The summed E-state index contributed by atoms with van der Waals surface area (Å²) in [6.45, 7) is 0.406. The molecule has 0 aromatic heterocycles. The lowest BCUT2D eigenvalue weighted by Gasteiger charge is -2.20. The lowest BCUT2D eigenvalue weighted by Crippen LogP contribution is -2.27. The number of methoxy groups -OCH3 is 1. The Morgan fingerprint density at radius 1 is 1.21 bits per heavy atom. The van der Waals surface area contributed by atoms with E-state index < -0.39 is 25.3 Å². The van der Waals surface area contributed by atoms with E-state index in [4.69, 9.17) is 4.74 Å². The van der Waals surface area contributed by atoms with E-state index in [1.807, 2.05) is 0 Å². The second-order valence-electron chi connectivity index (χ2n) is 6.18. The van der Waals surface area contributed by atoms with Crippen molar-refractivity contribution in [1.29, 1.82) is 0 Å². The number of nitrogens with one attached hydrogen (secondary N) is 1. The molecule has 1 heterocycles. The van der Waals surface area contributed by atoms with Crippen molar-refractivity contribution in [2.24, 2.45) is 0 Å². The Hall–Kier alpha value is -1.48. The molecule has 2 fully saturated rings. The van der Waals surface area contributed by atoms with Crippen molar-refractivity contribution >= 4 is 31.4 Å². The van der Waals surface area contributed by atoms with E-state index in [0.717, 1.165) is 12.8 Å². The molecule has 1 aliphatic heterocycles. The highest BCUT2D eigenvalue weighted by Gasteiger charge is 2.31. The lowest BCUT2D eigenvalue weighted by atomic mass is 10.2. The molecular formula is C15H22N2O5S2. The van der Waals surface area contributed by atoms with E-state index in [1.54, 1.807) is 12.1 Å². The number of ether oxygens (including phenoxy) is 1. The smallest absolute Gasteiger partial charge is 0.235 e. The molecule has 0 bridgehead atoms. The highest BCUT2D eigenvalue weighted by Crippen LogP contribution is 2.35. The highest BCUT2D eigenvalue weighted by atomic mass is 32.2. The Morgan fingerprint density at radius 2 is 1.92 bits per heavy atom. The third kappa shape index (κ3) is 3.32. The molecule has 0 radical (unpaired) electrons. The van der Waals surface area contributed by atoms with Gasteiger partial charge in [0.25, 0.3) is 0 Å². The molecule has 0 unspecified atom stereocenters. The van der Waals surface area contributed by atoms with E-state index in [1.165, 1.54) is 17.5 Å². The molecule has 2 aliphatic rings. The van der Waals surface area contributed by atoms with Crippen LogP contribution in [0.4, 0.5) is 11.4 Å². The van der Waals surface area contributed by atoms with Gasteiger partial charge in [0.1, 0.15) is 5.75 Å². The normalized spacial score (nSPS) is 21.1. The first-order valence-corrected chi connectivity index (χ1v) is 11.2. The van der Waals surface area contributed by atoms with Crippen LogP contribution in [0.5, 0.6) is 5.75 Å². The molecule has 134 valence electrons. The Morgan fingerprint density at radius 3 is 2.50 bits per heavy atom. The number of benzene rings is 1. The molecule has 3 rings (SSSR count). The molecule has 1 aromatic rings. The minimum atomic E-state index is -3.51. The number of rotatable bonds is 5. The van der Waals surface area contributed by atoms with Gasteiger partial charge >= 0.3 is 0 Å². The standard InChI is InChI=1S/C15H22N2O5S2/c1-22-15-8-7-12(17-9-4-10-23(17,18)19)11-14(15)16-24(20,21)13-5-2-3-6-13/h7-8,11,13,16H,2-6,9-10H2,1H3. The lowest BCUT2D eigenvalue weighted by molar-refractivity contribution is 0.417. The molecule has 24 heavy (non-hydrogen) atoms. The van der Waals surface area contributed by atoms with Crippen LogP contribution in [-0.2, 0) is 20.0 Å². The predicted molar refractivity (Wildman–Crippen MR) is 93.5 cm³/mol. The Labute approximate surface area is 143 Å². The maximum Gasteiger partial charge on any atom is 0.235 e. The van der Waals surface area contributed by atoms with Crippen LogP contribution in [0.2, 0.25) is 0 Å². The van der Waals surface area contributed by atoms with Crippen molar-refractivity contribution in [2.45, 2.75) is 37.4 Å². The summed E-state index contributed by atoms with van der Waals surface area (Å²) in [4.78, 5) is 0. The fourth-order valence-corrected chi connectivity index (χ4v) is 6.44. The monoisotopic (exact) mass is 374 g/mol. The van der Waals surface area contributed by atoms with Crippen LogP contribution in [0.15, 0.2) is 18.2 Å². The zero-order valence-electron chi connectivity index (χ0n) is 13.6. The van der Waals surface area contributed by atoms with Gasteiger partial charge in [-0.05, 0) is 37.5 Å². The Balaban J connectivity index is 1.93. The first kappa shape index (κ1) is 17.3. The van der Waals surface area contributed by atoms with E-state index >= 15 is 0 Å². The summed E-state index contributed by atoms with van der Waals surface area (Å²) >= 11 is 0. The second kappa shape index (κ2) is 6.44. The molecule has 7 nitrogen and oxygen atoms in total. The van der Waals surface area contributed by atoms with Gasteiger partial charge in [0.05, 0.1) is 29.5 Å². The highest BCUT2D eigenvalue weighted by molar-refractivity contribution is 7.93. The zero-order valence-corrected chi connectivity index (χ0v) is 15.2. The topological polar surface area (TPSA) is 92.8 Å². The number of sulfonamides is 2. The van der Waals surface area contributed by atoms with E-state index in [2.05, 4.69) is 4.72 Å². The Bertz CT molecular complexity index is 814. The van der Waals surface area contributed by atoms with Crippen molar-refractivity contribution in [1.82, 2.24) is 0 Å². The van der Waals surface area contributed by atoms with Gasteiger partial charge in [0, 0.05) is 6.54 Å². The summed E-state index contributed by atoms with van der Waals surface area (Å²) in [5.74, 6) is 0.485. The first-order valence-electron chi connectivity index (χ1n) is 8.03. The van der Waals surface area contributed by atoms with Crippen LogP contribution in [0.3, 0.4) is 0 Å². The molecule has 1 aliphatic carbocycles. The molecule has 0 amide bonds. The van der Waals surface area contributed by atoms with Crippen LogP contribution in [0.1, 0.15) is 32.1 Å². The first-order chi connectivity index (χ1) is 11.3. The van der Waals surface area contributed by atoms with Crippen molar-refractivity contribution < 1.29 is 21.6 Å². The minimum absolute atomic E-state index is 0.113. The van der Waals surface area contributed by atoms with Gasteiger partial charge in [-0.15, -0.1) is 0 Å². The third-order valence-corrected chi connectivity index (χ3v) is 8.29. The molecular weight excluding hydrogens is 352 g/mol. The van der Waals surface area contributed by atoms with E-state index in [0.29, 0.717) is 37.2 Å². The minimum Gasteiger partial charge on any atom is -0.495 e. The molecule has 9 heteroatoms. The molecule has 1 aromatic carbocycles. The van der Waals surface area contributed by atoms with Crippen LogP contribution >= 0.6 is 0 Å². The zero-order chi connectivity index (χ0) is 17.4. The Kier molecular flexibility index (Phi) is 4.65. The van der Waals surface area contributed by atoms with Crippen molar-refractivity contribution in [2.75, 3.05) is 28.4 Å². The summed E-state index contributed by atoms with van der Waals surface area (Å²) in [5.41, 5.74) is 0.737. The summed E-state index contributed by atoms with van der Waals surface area (Å²) in [6, 6.07) is 4.76. The average molecular weight is 374 g/mol. The van der Waals surface area contributed by atoms with Crippen molar-refractivity contribution in [3.05, 3.63) is 18.2 Å². The maximum absolute atomic E-state index is 12.5. The van der Waals surface area contributed by atoms with Gasteiger partial charge in [-0.2, -0.15) is 0 Å². The molecule has 0 spiro atoms. The molecule has 0 atom stereocenters. The van der Waals surface area contributed by atoms with Gasteiger partial charge in [0.2, 0.25) is 20.0 Å². The number of anilines is 2. The summed E-state index contributed by atoms with van der Waals surface area (Å²) in [5, 5.41) is -0.401. The summed E-state index contributed by atoms with van der Waals surface area (Å²) in [7, 11) is -5.38. The van der Waals surface area contributed by atoms with Crippen LogP contribution < -0.4 is 13.8 Å². The molecule has 1 N–H and O–H groups in total. The summed E-state index contributed by atoms with van der Waals surface area (Å²) in [6.07, 6.45) is 3.69. The fourth-order valence-electron chi connectivity index (χ4n) is 3.30. The summed E-state index contributed by atoms with van der Waals surface area (Å²) < 4.78 is 58.4. The van der Waals surface area contributed by atoms with Crippen LogP contribution in [-0.4, -0.2) is 41.5 Å². The maximum atomic E-state index is 12.5.